The van der Waals surface area contributed by atoms with Gasteiger partial charge in [-0.25, -0.2) is 0 Å². The van der Waals surface area contributed by atoms with Gasteiger partial charge in [0.25, 0.3) is 0 Å². The van der Waals surface area contributed by atoms with Crippen molar-refractivity contribution in [3.05, 3.63) is 0 Å². The number of unbranched alkanes of at least 4 members (excludes halogenated alkanes) is 5. The number of hydrogen-bond donors (Lipinski definition) is 1. The zero-order valence-corrected chi connectivity index (χ0v) is 13.7. The summed E-state index contributed by atoms with van der Waals surface area (Å²) in [5.74, 6) is 0. The van der Waals surface area contributed by atoms with Crippen molar-refractivity contribution in [2.45, 2.75) is 45.4 Å². The lowest BCUT2D eigenvalue weighted by molar-refractivity contribution is -0.00577. The first-order valence-electron chi connectivity index (χ1n) is 8.33. The molecule has 0 aromatic rings. The highest BCUT2D eigenvalue weighted by Crippen LogP contribution is 2.04. The first kappa shape index (κ1) is 20.8. The van der Waals surface area contributed by atoms with Crippen LogP contribution in [0.4, 0.5) is 0 Å². The summed E-state index contributed by atoms with van der Waals surface area (Å²) in [6, 6.07) is 0. The second kappa shape index (κ2) is 19.8. The highest BCUT2D eigenvalue weighted by molar-refractivity contribution is 4.43. The molecule has 128 valence electrons. The molecular weight excluding hydrogens is 272 g/mol. The van der Waals surface area contributed by atoms with Crippen LogP contribution in [0.1, 0.15) is 45.4 Å². The number of aliphatic hydroxyl groups is 1. The maximum absolute atomic E-state index is 8.49. The predicted octanol–water partition coefficient (Wildman–Crippen LogP) is 2.41. The summed E-state index contributed by atoms with van der Waals surface area (Å²) >= 11 is 0. The molecule has 0 heterocycles. The Kier molecular flexibility index (Phi) is 19.6. The van der Waals surface area contributed by atoms with Gasteiger partial charge in [-0.3, -0.25) is 0 Å². The van der Waals surface area contributed by atoms with Crippen LogP contribution in [0.5, 0.6) is 0 Å². The molecule has 0 unspecified atom stereocenters. The van der Waals surface area contributed by atoms with Gasteiger partial charge in [0.2, 0.25) is 0 Å². The monoisotopic (exact) mass is 306 g/mol. The van der Waals surface area contributed by atoms with Crippen molar-refractivity contribution in [2.24, 2.45) is 0 Å². The summed E-state index contributed by atoms with van der Waals surface area (Å²) in [6.45, 7) is 7.00. The van der Waals surface area contributed by atoms with Crippen molar-refractivity contribution >= 4 is 0 Å². The van der Waals surface area contributed by atoms with Gasteiger partial charge in [0.1, 0.15) is 0 Å². The molecule has 0 saturated heterocycles. The van der Waals surface area contributed by atoms with Gasteiger partial charge in [-0.05, 0) is 6.42 Å². The molecule has 5 heteroatoms. The fourth-order valence-corrected chi connectivity index (χ4v) is 1.81. The van der Waals surface area contributed by atoms with Gasteiger partial charge in [-0.1, -0.05) is 39.0 Å². The molecule has 0 amide bonds. The molecule has 0 radical (unpaired) electrons. The van der Waals surface area contributed by atoms with E-state index < -0.39 is 0 Å². The second-order valence-electron chi connectivity index (χ2n) is 4.94. The first-order valence-corrected chi connectivity index (χ1v) is 8.33. The van der Waals surface area contributed by atoms with Crippen LogP contribution in [0.3, 0.4) is 0 Å². The zero-order chi connectivity index (χ0) is 15.4. The zero-order valence-electron chi connectivity index (χ0n) is 13.7. The normalized spacial score (nSPS) is 11.1. The number of aliphatic hydroxyl groups excluding tert-OH is 1. The topological polar surface area (TPSA) is 57.2 Å². The Balaban J connectivity index is 2.90. The molecule has 0 saturated carbocycles. The van der Waals surface area contributed by atoms with Crippen LogP contribution in [0.2, 0.25) is 0 Å². The van der Waals surface area contributed by atoms with Gasteiger partial charge >= 0.3 is 0 Å². The highest BCUT2D eigenvalue weighted by Gasteiger charge is 1.93. The number of ether oxygens (including phenoxy) is 4. The third-order valence-electron chi connectivity index (χ3n) is 2.99. The first-order chi connectivity index (χ1) is 10.4. The Labute approximate surface area is 129 Å². The minimum atomic E-state index is 0.0574. The van der Waals surface area contributed by atoms with E-state index in [-0.39, 0.29) is 6.61 Å². The lowest BCUT2D eigenvalue weighted by Crippen LogP contribution is -2.12. The SMILES string of the molecule is CCCCCCCCOCCOCCOCCOCCO. The molecule has 0 spiro atoms. The van der Waals surface area contributed by atoms with Crippen molar-refractivity contribution in [2.75, 3.05) is 59.5 Å². The average Bonchev–Trinajstić information content (AvgIpc) is 2.50. The maximum atomic E-state index is 8.49. The van der Waals surface area contributed by atoms with Gasteiger partial charge in [-0.15, -0.1) is 0 Å². The Hall–Kier alpha value is -0.200. The molecule has 1 N–H and O–H groups in total. The summed E-state index contributed by atoms with van der Waals surface area (Å²) in [4.78, 5) is 0. The van der Waals surface area contributed by atoms with Gasteiger partial charge in [0, 0.05) is 6.61 Å². The summed E-state index contributed by atoms with van der Waals surface area (Å²) in [5.41, 5.74) is 0. The predicted molar refractivity (Wildman–Crippen MR) is 83.7 cm³/mol. The fraction of sp³-hybridized carbons (Fsp3) is 1.00. The number of hydrogen-bond acceptors (Lipinski definition) is 5. The largest absolute Gasteiger partial charge is 0.394 e. The van der Waals surface area contributed by atoms with E-state index in [1.807, 2.05) is 0 Å². The van der Waals surface area contributed by atoms with Crippen LogP contribution in [0, 0.1) is 0 Å². The van der Waals surface area contributed by atoms with E-state index in [1.165, 1.54) is 32.1 Å². The number of rotatable bonds is 18. The van der Waals surface area contributed by atoms with Crippen LogP contribution in [0.25, 0.3) is 0 Å². The van der Waals surface area contributed by atoms with E-state index in [2.05, 4.69) is 6.92 Å². The molecule has 0 rings (SSSR count). The van der Waals surface area contributed by atoms with E-state index in [1.54, 1.807) is 0 Å². The van der Waals surface area contributed by atoms with Crippen LogP contribution < -0.4 is 0 Å². The third kappa shape index (κ3) is 19.8. The fourth-order valence-electron chi connectivity index (χ4n) is 1.81. The van der Waals surface area contributed by atoms with Crippen LogP contribution in [0.15, 0.2) is 0 Å². The quantitative estimate of drug-likeness (QED) is 0.394. The minimum absolute atomic E-state index is 0.0574. The molecular formula is C16H34O5. The Morgan fingerprint density at radius 1 is 0.524 bits per heavy atom. The van der Waals surface area contributed by atoms with Gasteiger partial charge in [-0.2, -0.15) is 0 Å². The van der Waals surface area contributed by atoms with Crippen LogP contribution in [-0.4, -0.2) is 64.6 Å². The van der Waals surface area contributed by atoms with Crippen molar-refractivity contribution in [3.63, 3.8) is 0 Å². The summed E-state index contributed by atoms with van der Waals surface area (Å²) < 4.78 is 21.3. The van der Waals surface area contributed by atoms with E-state index >= 15 is 0 Å². The van der Waals surface area contributed by atoms with Crippen molar-refractivity contribution in [1.29, 1.82) is 0 Å². The van der Waals surface area contributed by atoms with Crippen molar-refractivity contribution in [1.82, 2.24) is 0 Å². The summed E-state index contributed by atoms with van der Waals surface area (Å²) in [6.07, 6.45) is 7.75. The van der Waals surface area contributed by atoms with E-state index in [0.29, 0.717) is 46.2 Å². The van der Waals surface area contributed by atoms with Gasteiger partial charge in [0.15, 0.2) is 0 Å². The third-order valence-corrected chi connectivity index (χ3v) is 2.99. The molecule has 0 aromatic carbocycles. The molecule has 0 fully saturated rings. The van der Waals surface area contributed by atoms with Gasteiger partial charge in [0.05, 0.1) is 52.9 Å². The summed E-state index contributed by atoms with van der Waals surface area (Å²) in [5, 5.41) is 8.49. The minimum Gasteiger partial charge on any atom is -0.394 e. The van der Waals surface area contributed by atoms with Gasteiger partial charge < -0.3 is 24.1 Å². The lowest BCUT2D eigenvalue weighted by Gasteiger charge is -2.07. The average molecular weight is 306 g/mol. The molecule has 0 aliphatic carbocycles. The summed E-state index contributed by atoms with van der Waals surface area (Å²) in [7, 11) is 0. The lowest BCUT2D eigenvalue weighted by atomic mass is 10.1. The Morgan fingerprint density at radius 2 is 0.952 bits per heavy atom. The van der Waals surface area contributed by atoms with E-state index in [9.17, 15) is 0 Å². The van der Waals surface area contributed by atoms with Crippen molar-refractivity contribution < 1.29 is 24.1 Å². The smallest absolute Gasteiger partial charge is 0.0701 e. The maximum Gasteiger partial charge on any atom is 0.0701 e. The standard InChI is InChI=1S/C16H34O5/c1-2-3-4-5-6-7-9-18-11-13-20-15-16-21-14-12-19-10-8-17/h17H,2-16H2,1H3. The Bertz CT molecular complexity index is 160. The molecule has 0 aliphatic heterocycles. The van der Waals surface area contributed by atoms with Crippen molar-refractivity contribution in [3.8, 4) is 0 Å². The molecule has 0 bridgehead atoms. The molecule has 0 aromatic heterocycles. The van der Waals surface area contributed by atoms with E-state index in [4.69, 9.17) is 24.1 Å². The van der Waals surface area contributed by atoms with Crippen LogP contribution in [-0.2, 0) is 18.9 Å². The second-order valence-corrected chi connectivity index (χ2v) is 4.94. The highest BCUT2D eigenvalue weighted by atomic mass is 16.6. The molecule has 5 nitrogen and oxygen atoms in total. The van der Waals surface area contributed by atoms with Crippen LogP contribution >= 0.6 is 0 Å². The van der Waals surface area contributed by atoms with E-state index in [0.717, 1.165) is 13.0 Å². The Morgan fingerprint density at radius 3 is 1.48 bits per heavy atom. The molecule has 21 heavy (non-hydrogen) atoms. The molecule has 0 atom stereocenters. The molecule has 0 aliphatic rings.